The number of halogens is 3. The minimum Gasteiger partial charge on any atom is -0.342 e. The average molecular weight is 346 g/mol. The molecule has 1 amide bonds. The monoisotopic (exact) mass is 346 g/mol. The van der Waals surface area contributed by atoms with Crippen molar-refractivity contribution in [1.82, 2.24) is 9.88 Å². The summed E-state index contributed by atoms with van der Waals surface area (Å²) in [6, 6.07) is 2.56. The van der Waals surface area contributed by atoms with Crippen LogP contribution >= 0.6 is 11.8 Å². The Morgan fingerprint density at radius 3 is 2.61 bits per heavy atom. The molecule has 7 heteroatoms. The van der Waals surface area contributed by atoms with Crippen LogP contribution in [0.2, 0.25) is 0 Å². The van der Waals surface area contributed by atoms with E-state index in [-0.39, 0.29) is 17.7 Å². The third-order valence-corrected chi connectivity index (χ3v) is 5.29. The van der Waals surface area contributed by atoms with Crippen molar-refractivity contribution in [2.75, 3.05) is 12.8 Å². The largest absolute Gasteiger partial charge is 0.417 e. The number of amides is 1. The van der Waals surface area contributed by atoms with E-state index in [2.05, 4.69) is 11.9 Å². The van der Waals surface area contributed by atoms with E-state index in [1.807, 2.05) is 7.05 Å². The van der Waals surface area contributed by atoms with Crippen molar-refractivity contribution in [2.24, 2.45) is 5.92 Å². The minimum atomic E-state index is -4.39. The van der Waals surface area contributed by atoms with E-state index >= 15 is 0 Å². The molecule has 128 valence electrons. The molecule has 1 heterocycles. The van der Waals surface area contributed by atoms with Crippen LogP contribution in [0.3, 0.4) is 0 Å². The highest BCUT2D eigenvalue weighted by Crippen LogP contribution is 2.30. The second-order valence-corrected chi connectivity index (χ2v) is 7.00. The number of rotatable bonds is 4. The van der Waals surface area contributed by atoms with E-state index in [4.69, 9.17) is 0 Å². The Kier molecular flexibility index (Phi) is 5.95. The van der Waals surface area contributed by atoms with Gasteiger partial charge in [0.2, 0.25) is 5.91 Å². The lowest BCUT2D eigenvalue weighted by molar-refractivity contribution is -0.138. The SMILES string of the molecule is CC1CCCCC1N(C)C(=O)CSc1ccc(C(F)(F)F)cn1. The van der Waals surface area contributed by atoms with Gasteiger partial charge in [-0.1, -0.05) is 31.5 Å². The predicted octanol–water partition coefficient (Wildman–Crippen LogP) is 4.23. The van der Waals surface area contributed by atoms with Crippen LogP contribution in [0.1, 0.15) is 38.2 Å². The van der Waals surface area contributed by atoms with Crippen molar-refractivity contribution in [3.63, 3.8) is 0 Å². The van der Waals surface area contributed by atoms with Gasteiger partial charge in [-0.15, -0.1) is 0 Å². The van der Waals surface area contributed by atoms with E-state index in [1.54, 1.807) is 4.90 Å². The molecule has 23 heavy (non-hydrogen) atoms. The first-order chi connectivity index (χ1) is 10.8. The normalized spacial score (nSPS) is 22.0. The molecule has 2 unspecified atom stereocenters. The summed E-state index contributed by atoms with van der Waals surface area (Å²) in [5, 5.41) is 0.427. The van der Waals surface area contributed by atoms with Crippen LogP contribution in [0.25, 0.3) is 0 Å². The van der Waals surface area contributed by atoms with Crippen molar-refractivity contribution in [1.29, 1.82) is 0 Å². The quantitative estimate of drug-likeness (QED) is 0.765. The lowest BCUT2D eigenvalue weighted by Gasteiger charge is -2.36. The zero-order chi connectivity index (χ0) is 17.0. The fraction of sp³-hybridized carbons (Fsp3) is 0.625. The average Bonchev–Trinajstić information content (AvgIpc) is 2.52. The number of thioether (sulfide) groups is 1. The Morgan fingerprint density at radius 2 is 2.04 bits per heavy atom. The molecule has 0 bridgehead atoms. The zero-order valence-electron chi connectivity index (χ0n) is 13.3. The smallest absolute Gasteiger partial charge is 0.342 e. The Morgan fingerprint density at radius 1 is 1.35 bits per heavy atom. The van der Waals surface area contributed by atoms with Gasteiger partial charge in [-0.3, -0.25) is 4.79 Å². The maximum Gasteiger partial charge on any atom is 0.417 e. The number of hydrogen-bond donors (Lipinski definition) is 0. The van der Waals surface area contributed by atoms with Crippen molar-refractivity contribution < 1.29 is 18.0 Å². The highest BCUT2D eigenvalue weighted by Gasteiger charge is 2.31. The highest BCUT2D eigenvalue weighted by atomic mass is 32.2. The van der Waals surface area contributed by atoms with E-state index < -0.39 is 11.7 Å². The van der Waals surface area contributed by atoms with Gasteiger partial charge in [-0.25, -0.2) is 4.98 Å². The van der Waals surface area contributed by atoms with Crippen LogP contribution < -0.4 is 0 Å². The van der Waals surface area contributed by atoms with Gasteiger partial charge in [0, 0.05) is 19.3 Å². The molecule has 1 aliphatic rings. The lowest BCUT2D eigenvalue weighted by atomic mass is 9.85. The summed E-state index contributed by atoms with van der Waals surface area (Å²) in [4.78, 5) is 17.9. The first-order valence-electron chi connectivity index (χ1n) is 7.70. The third kappa shape index (κ3) is 4.86. The molecule has 1 fully saturated rings. The molecule has 1 aromatic rings. The third-order valence-electron chi connectivity index (χ3n) is 4.36. The molecule has 3 nitrogen and oxygen atoms in total. The molecule has 1 aromatic heterocycles. The van der Waals surface area contributed by atoms with Crippen LogP contribution in [-0.4, -0.2) is 34.6 Å². The number of alkyl halides is 3. The van der Waals surface area contributed by atoms with Crippen LogP contribution in [-0.2, 0) is 11.0 Å². The summed E-state index contributed by atoms with van der Waals surface area (Å²) in [5.41, 5.74) is -0.777. The lowest BCUT2D eigenvalue weighted by Crippen LogP contribution is -2.43. The van der Waals surface area contributed by atoms with Crippen molar-refractivity contribution in [2.45, 2.75) is 49.9 Å². The molecule has 0 aliphatic heterocycles. The highest BCUT2D eigenvalue weighted by molar-refractivity contribution is 7.99. The molecule has 0 N–H and O–H groups in total. The fourth-order valence-electron chi connectivity index (χ4n) is 2.93. The van der Waals surface area contributed by atoms with Gasteiger partial charge in [0.25, 0.3) is 0 Å². The van der Waals surface area contributed by atoms with E-state index in [0.29, 0.717) is 10.9 Å². The maximum atomic E-state index is 12.5. The molecule has 1 saturated carbocycles. The summed E-state index contributed by atoms with van der Waals surface area (Å²) in [6.07, 6.45) is 0.926. The molecule has 0 saturated heterocycles. The number of pyridine rings is 1. The Labute approximate surface area is 138 Å². The van der Waals surface area contributed by atoms with E-state index in [9.17, 15) is 18.0 Å². The van der Waals surface area contributed by atoms with Crippen LogP contribution in [0.15, 0.2) is 23.4 Å². The van der Waals surface area contributed by atoms with Gasteiger partial charge in [0.05, 0.1) is 16.3 Å². The van der Waals surface area contributed by atoms with Gasteiger partial charge >= 0.3 is 6.18 Å². The molecule has 2 rings (SSSR count). The zero-order valence-corrected chi connectivity index (χ0v) is 14.1. The summed E-state index contributed by atoms with van der Waals surface area (Å²) in [6.45, 7) is 2.16. The maximum absolute atomic E-state index is 12.5. The molecular weight excluding hydrogens is 325 g/mol. The summed E-state index contributed by atoms with van der Waals surface area (Å²) in [5.74, 6) is 0.681. The van der Waals surface area contributed by atoms with Crippen LogP contribution in [0.5, 0.6) is 0 Å². The predicted molar refractivity (Wildman–Crippen MR) is 84.2 cm³/mol. The summed E-state index contributed by atoms with van der Waals surface area (Å²) >= 11 is 1.17. The standard InChI is InChI=1S/C16H21F3N2OS/c1-11-5-3-4-6-13(11)21(2)15(22)10-23-14-8-7-12(9-20-14)16(17,18)19/h7-9,11,13H,3-6,10H2,1-2H3. The molecule has 0 aromatic carbocycles. The first kappa shape index (κ1) is 18.1. The van der Waals surface area contributed by atoms with Crippen molar-refractivity contribution in [3.8, 4) is 0 Å². The molecule has 1 aliphatic carbocycles. The van der Waals surface area contributed by atoms with Gasteiger partial charge in [-0.2, -0.15) is 13.2 Å². The number of nitrogens with zero attached hydrogens (tertiary/aromatic N) is 2. The van der Waals surface area contributed by atoms with E-state index in [0.717, 1.165) is 31.5 Å². The topological polar surface area (TPSA) is 33.2 Å². The molecule has 0 spiro atoms. The molecule has 2 atom stereocenters. The summed E-state index contributed by atoms with van der Waals surface area (Å²) < 4.78 is 37.4. The van der Waals surface area contributed by atoms with Gasteiger partial charge < -0.3 is 4.90 Å². The van der Waals surface area contributed by atoms with Crippen molar-refractivity contribution in [3.05, 3.63) is 23.9 Å². The van der Waals surface area contributed by atoms with Crippen LogP contribution in [0, 0.1) is 5.92 Å². The van der Waals surface area contributed by atoms with Crippen molar-refractivity contribution >= 4 is 17.7 Å². The summed E-state index contributed by atoms with van der Waals surface area (Å²) in [7, 11) is 1.82. The minimum absolute atomic E-state index is 0.00421. The number of carbonyl (C=O) groups excluding carboxylic acids is 1. The molecular formula is C16H21F3N2OS. The Bertz CT molecular complexity index is 533. The molecule has 0 radical (unpaired) electrons. The van der Waals surface area contributed by atoms with Crippen LogP contribution in [0.4, 0.5) is 13.2 Å². The second-order valence-electron chi connectivity index (χ2n) is 6.01. The number of carbonyl (C=O) groups is 1. The Balaban J connectivity index is 1.88. The van der Waals surface area contributed by atoms with Gasteiger partial charge in [-0.05, 0) is 30.9 Å². The number of aromatic nitrogens is 1. The Hall–Kier alpha value is -1.24. The fourth-order valence-corrected chi connectivity index (χ4v) is 3.69. The van der Waals surface area contributed by atoms with E-state index in [1.165, 1.54) is 24.2 Å². The van der Waals surface area contributed by atoms with Gasteiger partial charge in [0.1, 0.15) is 0 Å². The van der Waals surface area contributed by atoms with Gasteiger partial charge in [0.15, 0.2) is 0 Å². The first-order valence-corrected chi connectivity index (χ1v) is 8.69. The number of hydrogen-bond acceptors (Lipinski definition) is 3. The second kappa shape index (κ2) is 7.55.